The molecule has 1 heterocycles. The number of rotatable bonds is 5. The Labute approximate surface area is 115 Å². The molecule has 3 N–H and O–H groups in total. The Morgan fingerprint density at radius 1 is 1.37 bits per heavy atom. The highest BCUT2D eigenvalue weighted by atomic mass is 35.5. The monoisotopic (exact) mass is 279 g/mol. The van der Waals surface area contributed by atoms with Crippen LogP contribution in [0, 0.1) is 0 Å². The fourth-order valence-electron chi connectivity index (χ4n) is 1.53. The average Bonchev–Trinajstić information content (AvgIpc) is 2.87. The first-order valence-corrected chi connectivity index (χ1v) is 6.24. The zero-order chi connectivity index (χ0) is 13.7. The number of nitrogens with two attached hydrogens (primary N) is 1. The van der Waals surface area contributed by atoms with E-state index in [9.17, 15) is 4.79 Å². The van der Waals surface area contributed by atoms with Crippen LogP contribution < -0.4 is 11.1 Å². The number of oxazole rings is 1. The van der Waals surface area contributed by atoms with Gasteiger partial charge < -0.3 is 15.5 Å². The van der Waals surface area contributed by atoms with Crippen molar-refractivity contribution in [3.05, 3.63) is 52.7 Å². The molecule has 0 radical (unpaired) electrons. The molecule has 0 bridgehead atoms. The summed E-state index contributed by atoms with van der Waals surface area (Å²) in [6.07, 6.45) is 1.85. The lowest BCUT2D eigenvalue weighted by atomic mass is 10.2. The summed E-state index contributed by atoms with van der Waals surface area (Å²) < 4.78 is 5.12. The molecule has 2 aromatic rings. The normalized spacial score (nSPS) is 10.4. The van der Waals surface area contributed by atoms with E-state index in [1.165, 1.54) is 6.26 Å². The van der Waals surface area contributed by atoms with Crippen LogP contribution in [0.5, 0.6) is 0 Å². The van der Waals surface area contributed by atoms with Crippen LogP contribution in [0.4, 0.5) is 0 Å². The van der Waals surface area contributed by atoms with E-state index >= 15 is 0 Å². The number of amides is 1. The Balaban J connectivity index is 1.91. The maximum atomic E-state index is 11.8. The predicted molar refractivity (Wildman–Crippen MR) is 71.9 cm³/mol. The van der Waals surface area contributed by atoms with Crippen molar-refractivity contribution in [3.8, 4) is 0 Å². The summed E-state index contributed by atoms with van der Waals surface area (Å²) >= 11 is 5.78. The van der Waals surface area contributed by atoms with Gasteiger partial charge >= 0.3 is 0 Å². The van der Waals surface area contributed by atoms with Crippen molar-refractivity contribution in [1.29, 1.82) is 0 Å². The first kappa shape index (κ1) is 13.6. The third-order valence-corrected chi connectivity index (χ3v) is 2.76. The van der Waals surface area contributed by atoms with Crippen molar-refractivity contribution in [2.75, 3.05) is 6.54 Å². The van der Waals surface area contributed by atoms with Crippen molar-refractivity contribution in [3.63, 3.8) is 0 Å². The number of hydrogen-bond donors (Lipinski definition) is 2. The van der Waals surface area contributed by atoms with Crippen LogP contribution in [-0.4, -0.2) is 17.4 Å². The lowest BCUT2D eigenvalue weighted by molar-refractivity contribution is 0.0946. The second-order valence-corrected chi connectivity index (χ2v) is 4.41. The molecule has 0 spiro atoms. The van der Waals surface area contributed by atoms with E-state index in [0.717, 1.165) is 5.56 Å². The standard InChI is InChI=1S/C13H14ClN3O2/c14-10-3-1-9(2-4-10)7-16-13(18)11-8-19-12(17-11)5-6-15/h1-4,8H,5-7,15H2,(H,16,18). The summed E-state index contributed by atoms with van der Waals surface area (Å²) in [6.45, 7) is 0.849. The SMILES string of the molecule is NCCc1nc(C(=O)NCc2ccc(Cl)cc2)co1. The zero-order valence-electron chi connectivity index (χ0n) is 10.2. The fourth-order valence-corrected chi connectivity index (χ4v) is 1.65. The molecule has 0 aliphatic carbocycles. The number of carbonyl (C=O) groups is 1. The van der Waals surface area contributed by atoms with Gasteiger partial charge in [-0.3, -0.25) is 4.79 Å². The number of halogens is 1. The van der Waals surface area contributed by atoms with Gasteiger partial charge in [0.1, 0.15) is 6.26 Å². The zero-order valence-corrected chi connectivity index (χ0v) is 11.0. The molecule has 0 aliphatic heterocycles. The molecule has 0 unspecified atom stereocenters. The molecule has 1 amide bonds. The minimum atomic E-state index is -0.276. The third-order valence-electron chi connectivity index (χ3n) is 2.51. The van der Waals surface area contributed by atoms with Crippen LogP contribution >= 0.6 is 11.6 Å². The van der Waals surface area contributed by atoms with E-state index in [4.69, 9.17) is 21.8 Å². The van der Waals surface area contributed by atoms with Gasteiger partial charge in [-0.15, -0.1) is 0 Å². The lowest BCUT2D eigenvalue weighted by Gasteiger charge is -2.03. The number of aromatic nitrogens is 1. The summed E-state index contributed by atoms with van der Waals surface area (Å²) in [5, 5.41) is 3.42. The van der Waals surface area contributed by atoms with E-state index < -0.39 is 0 Å². The highest BCUT2D eigenvalue weighted by Gasteiger charge is 2.11. The van der Waals surface area contributed by atoms with Crippen molar-refractivity contribution in [1.82, 2.24) is 10.3 Å². The van der Waals surface area contributed by atoms with Crippen molar-refractivity contribution in [2.24, 2.45) is 5.73 Å². The van der Waals surface area contributed by atoms with Gasteiger partial charge in [0.05, 0.1) is 0 Å². The summed E-state index contributed by atoms with van der Waals surface area (Å²) in [6, 6.07) is 7.26. The molecule has 0 saturated heterocycles. The molecule has 0 aliphatic rings. The van der Waals surface area contributed by atoms with E-state index in [-0.39, 0.29) is 11.6 Å². The number of carbonyl (C=O) groups excluding carboxylic acids is 1. The molecule has 5 nitrogen and oxygen atoms in total. The van der Waals surface area contributed by atoms with Crippen molar-refractivity contribution >= 4 is 17.5 Å². The average molecular weight is 280 g/mol. The molecule has 0 atom stereocenters. The first-order valence-electron chi connectivity index (χ1n) is 5.86. The van der Waals surface area contributed by atoms with Gasteiger partial charge in [-0.1, -0.05) is 23.7 Å². The fraction of sp³-hybridized carbons (Fsp3) is 0.231. The summed E-state index contributed by atoms with van der Waals surface area (Å²) in [5.41, 5.74) is 6.60. The van der Waals surface area contributed by atoms with Gasteiger partial charge in [0.15, 0.2) is 11.6 Å². The second kappa shape index (κ2) is 6.36. The highest BCUT2D eigenvalue weighted by Crippen LogP contribution is 2.09. The minimum absolute atomic E-state index is 0.261. The van der Waals surface area contributed by atoms with Gasteiger partial charge in [-0.2, -0.15) is 0 Å². The quantitative estimate of drug-likeness (QED) is 0.874. The molecule has 0 saturated carbocycles. The summed E-state index contributed by atoms with van der Waals surface area (Å²) in [4.78, 5) is 15.9. The number of benzene rings is 1. The molecule has 100 valence electrons. The third kappa shape index (κ3) is 3.81. The van der Waals surface area contributed by atoms with E-state index in [2.05, 4.69) is 10.3 Å². The van der Waals surface area contributed by atoms with Crippen LogP contribution in [0.3, 0.4) is 0 Å². The van der Waals surface area contributed by atoms with Crippen LogP contribution in [0.1, 0.15) is 21.9 Å². The largest absolute Gasteiger partial charge is 0.448 e. The molecule has 19 heavy (non-hydrogen) atoms. The summed E-state index contributed by atoms with van der Waals surface area (Å²) in [5.74, 6) is 0.195. The Morgan fingerprint density at radius 3 is 2.79 bits per heavy atom. The number of nitrogens with zero attached hydrogens (tertiary/aromatic N) is 1. The van der Waals surface area contributed by atoms with Crippen LogP contribution in [-0.2, 0) is 13.0 Å². The molecule has 0 fully saturated rings. The van der Waals surface area contributed by atoms with Gasteiger partial charge in [0.25, 0.3) is 5.91 Å². The Hall–Kier alpha value is -1.85. The van der Waals surface area contributed by atoms with E-state index in [1.807, 2.05) is 12.1 Å². The molecular formula is C13H14ClN3O2. The Kier molecular flexibility index (Phi) is 4.54. The molecule has 2 rings (SSSR count). The van der Waals surface area contributed by atoms with E-state index in [0.29, 0.717) is 30.4 Å². The number of hydrogen-bond acceptors (Lipinski definition) is 4. The van der Waals surface area contributed by atoms with Gasteiger partial charge in [-0.05, 0) is 17.7 Å². The second-order valence-electron chi connectivity index (χ2n) is 3.97. The predicted octanol–water partition coefficient (Wildman–Crippen LogP) is 1.76. The smallest absolute Gasteiger partial charge is 0.273 e. The topological polar surface area (TPSA) is 81.1 Å². The van der Waals surface area contributed by atoms with E-state index in [1.54, 1.807) is 12.1 Å². The number of nitrogens with one attached hydrogen (secondary N) is 1. The van der Waals surface area contributed by atoms with Crippen LogP contribution in [0.25, 0.3) is 0 Å². The van der Waals surface area contributed by atoms with Crippen LogP contribution in [0.15, 0.2) is 34.9 Å². The summed E-state index contributed by atoms with van der Waals surface area (Å²) in [7, 11) is 0. The van der Waals surface area contributed by atoms with Gasteiger partial charge in [0, 0.05) is 24.5 Å². The lowest BCUT2D eigenvalue weighted by Crippen LogP contribution is -2.23. The molecule has 1 aromatic heterocycles. The molecule has 1 aromatic carbocycles. The van der Waals surface area contributed by atoms with Crippen molar-refractivity contribution in [2.45, 2.75) is 13.0 Å². The maximum Gasteiger partial charge on any atom is 0.273 e. The maximum absolute atomic E-state index is 11.8. The van der Waals surface area contributed by atoms with Gasteiger partial charge in [-0.25, -0.2) is 4.98 Å². The Bertz CT molecular complexity index is 551. The minimum Gasteiger partial charge on any atom is -0.448 e. The Morgan fingerprint density at radius 2 is 2.11 bits per heavy atom. The van der Waals surface area contributed by atoms with Crippen molar-refractivity contribution < 1.29 is 9.21 Å². The molecule has 6 heteroatoms. The van der Waals surface area contributed by atoms with Gasteiger partial charge in [0.2, 0.25) is 0 Å². The highest BCUT2D eigenvalue weighted by molar-refractivity contribution is 6.30. The molecular weight excluding hydrogens is 266 g/mol. The first-order chi connectivity index (χ1) is 9.19. The van der Waals surface area contributed by atoms with Crippen LogP contribution in [0.2, 0.25) is 5.02 Å².